The second-order valence-electron chi connectivity index (χ2n) is 5.72. The molecule has 6 nitrogen and oxygen atoms in total. The molecule has 134 valence electrons. The van der Waals surface area contributed by atoms with Crippen molar-refractivity contribution in [1.29, 1.82) is 0 Å². The van der Waals surface area contributed by atoms with E-state index >= 15 is 0 Å². The number of amides is 1. The number of aryl methyl sites for hydroxylation is 1. The van der Waals surface area contributed by atoms with Crippen molar-refractivity contribution in [3.8, 4) is 11.5 Å². The van der Waals surface area contributed by atoms with Gasteiger partial charge >= 0.3 is 0 Å². The Morgan fingerprint density at radius 1 is 1.15 bits per heavy atom. The highest BCUT2D eigenvalue weighted by atomic mass is 35.5. The molecule has 1 heterocycles. The molecule has 0 aliphatic rings. The average Bonchev–Trinajstić information content (AvgIpc) is 2.62. The molecule has 0 spiro atoms. The van der Waals surface area contributed by atoms with Crippen molar-refractivity contribution in [3.63, 3.8) is 0 Å². The number of nitrogens with zero attached hydrogens (tertiary/aromatic N) is 1. The van der Waals surface area contributed by atoms with Crippen LogP contribution in [0.1, 0.15) is 15.9 Å². The maximum atomic E-state index is 11.9. The van der Waals surface area contributed by atoms with E-state index in [2.05, 4.69) is 10.3 Å². The molecule has 0 aliphatic carbocycles. The van der Waals surface area contributed by atoms with Gasteiger partial charge in [-0.15, -0.1) is 0 Å². The fraction of sp³-hybridized carbons (Fsp3) is 0.158. The fourth-order valence-electron chi connectivity index (χ4n) is 2.74. The minimum absolute atomic E-state index is 0.277. The summed E-state index contributed by atoms with van der Waals surface area (Å²) < 4.78 is 10.7. The summed E-state index contributed by atoms with van der Waals surface area (Å²) in [6.07, 6.45) is 1.45. The zero-order valence-corrected chi connectivity index (χ0v) is 15.3. The summed E-state index contributed by atoms with van der Waals surface area (Å²) in [7, 11) is 3.10. The normalized spacial score (nSPS) is 10.6. The molecule has 26 heavy (non-hydrogen) atoms. The first-order valence-corrected chi connectivity index (χ1v) is 8.20. The number of methoxy groups -OCH3 is 2. The molecular weight excluding hydrogens is 354 g/mol. The van der Waals surface area contributed by atoms with Crippen LogP contribution in [0.3, 0.4) is 0 Å². The zero-order valence-electron chi connectivity index (χ0n) is 14.6. The predicted molar refractivity (Wildman–Crippen MR) is 103 cm³/mol. The summed E-state index contributed by atoms with van der Waals surface area (Å²) in [6, 6.07) is 8.96. The number of pyridine rings is 1. The fourth-order valence-corrected chi connectivity index (χ4v) is 2.97. The van der Waals surface area contributed by atoms with Crippen LogP contribution < -0.4 is 20.5 Å². The Morgan fingerprint density at radius 2 is 1.85 bits per heavy atom. The number of hydrogen-bond acceptors (Lipinski definition) is 5. The largest absolute Gasteiger partial charge is 0.493 e. The molecule has 3 rings (SSSR count). The number of halogens is 1. The van der Waals surface area contributed by atoms with Gasteiger partial charge in [-0.1, -0.05) is 11.6 Å². The van der Waals surface area contributed by atoms with E-state index in [1.807, 2.05) is 19.1 Å². The van der Waals surface area contributed by atoms with Gasteiger partial charge in [0.05, 0.1) is 31.0 Å². The summed E-state index contributed by atoms with van der Waals surface area (Å²) >= 11 is 6.03. The molecule has 0 saturated heterocycles. The molecule has 1 aromatic heterocycles. The van der Waals surface area contributed by atoms with Crippen molar-refractivity contribution in [2.45, 2.75) is 6.92 Å². The van der Waals surface area contributed by atoms with Crippen LogP contribution in [-0.2, 0) is 0 Å². The van der Waals surface area contributed by atoms with Crippen LogP contribution >= 0.6 is 11.6 Å². The first-order valence-electron chi connectivity index (χ1n) is 7.82. The minimum Gasteiger partial charge on any atom is -0.493 e. The summed E-state index contributed by atoms with van der Waals surface area (Å²) in [4.78, 5) is 16.3. The van der Waals surface area contributed by atoms with Crippen LogP contribution in [0, 0.1) is 6.92 Å². The summed E-state index contributed by atoms with van der Waals surface area (Å²) in [5.74, 6) is 0.496. The minimum atomic E-state index is -0.580. The van der Waals surface area contributed by atoms with Crippen molar-refractivity contribution in [2.24, 2.45) is 5.73 Å². The molecule has 0 saturated carbocycles. The lowest BCUT2D eigenvalue weighted by Gasteiger charge is -2.16. The maximum absolute atomic E-state index is 11.9. The van der Waals surface area contributed by atoms with Crippen molar-refractivity contribution in [2.75, 3.05) is 19.5 Å². The number of carbonyl (C=O) groups is 1. The number of fused-ring (bicyclic) bond motifs is 1. The van der Waals surface area contributed by atoms with E-state index in [4.69, 9.17) is 26.8 Å². The molecule has 0 atom stereocenters. The molecule has 0 bridgehead atoms. The molecule has 1 amide bonds. The Morgan fingerprint density at radius 3 is 2.46 bits per heavy atom. The Hall–Kier alpha value is -2.99. The third kappa shape index (κ3) is 3.23. The van der Waals surface area contributed by atoms with Crippen molar-refractivity contribution < 1.29 is 14.3 Å². The third-order valence-corrected chi connectivity index (χ3v) is 4.32. The lowest BCUT2D eigenvalue weighted by Crippen LogP contribution is -2.14. The number of carbonyl (C=O) groups excluding carboxylic acids is 1. The van der Waals surface area contributed by atoms with E-state index in [0.29, 0.717) is 33.1 Å². The highest BCUT2D eigenvalue weighted by Gasteiger charge is 2.17. The first-order chi connectivity index (χ1) is 12.4. The molecule has 3 N–H and O–H groups in total. The highest BCUT2D eigenvalue weighted by molar-refractivity contribution is 6.30. The van der Waals surface area contributed by atoms with Crippen LogP contribution in [-0.4, -0.2) is 25.1 Å². The van der Waals surface area contributed by atoms with Gasteiger partial charge in [0.15, 0.2) is 11.5 Å². The SMILES string of the molecule is COc1cc2ncc(C(N)=O)c(Nc3ccc(Cl)cc3C)c2cc1OC. The van der Waals surface area contributed by atoms with Gasteiger partial charge in [0.2, 0.25) is 0 Å². The lowest BCUT2D eigenvalue weighted by atomic mass is 10.1. The molecule has 0 radical (unpaired) electrons. The molecule has 2 aromatic carbocycles. The number of nitrogens with two attached hydrogens (primary N) is 1. The topological polar surface area (TPSA) is 86.5 Å². The Kier molecular flexibility index (Phi) is 4.86. The van der Waals surface area contributed by atoms with Crippen LogP contribution in [0.2, 0.25) is 5.02 Å². The second kappa shape index (κ2) is 7.09. The van der Waals surface area contributed by atoms with E-state index in [1.165, 1.54) is 6.20 Å². The van der Waals surface area contributed by atoms with E-state index < -0.39 is 5.91 Å². The number of nitrogens with one attached hydrogen (secondary N) is 1. The van der Waals surface area contributed by atoms with Crippen molar-refractivity contribution >= 4 is 39.8 Å². The summed E-state index contributed by atoms with van der Waals surface area (Å²) in [5, 5.41) is 4.61. The molecule has 0 fully saturated rings. The average molecular weight is 372 g/mol. The standard InChI is InChI=1S/C19H18ClN3O3/c1-10-6-11(20)4-5-14(10)23-18-12-7-16(25-2)17(26-3)8-15(12)22-9-13(18)19(21)24/h4-9H,1-3H3,(H2,21,24)(H,22,23). The second-order valence-corrected chi connectivity index (χ2v) is 6.16. The van der Waals surface area contributed by atoms with Crippen molar-refractivity contribution in [3.05, 3.63) is 52.7 Å². The number of aromatic nitrogens is 1. The Balaban J connectivity index is 2.25. The number of ether oxygens (including phenoxy) is 2. The number of primary amides is 1. The molecule has 7 heteroatoms. The van der Waals surface area contributed by atoms with E-state index in [-0.39, 0.29) is 5.56 Å². The number of rotatable bonds is 5. The predicted octanol–water partition coefficient (Wildman–Crippen LogP) is 4.06. The molecule has 3 aromatic rings. The Bertz CT molecular complexity index is 1000. The number of anilines is 2. The number of hydrogen-bond donors (Lipinski definition) is 2. The van der Waals surface area contributed by atoms with Gasteiger partial charge < -0.3 is 20.5 Å². The summed E-state index contributed by atoms with van der Waals surface area (Å²) in [5.41, 5.74) is 8.75. The van der Waals surface area contributed by atoms with E-state index in [9.17, 15) is 4.79 Å². The zero-order chi connectivity index (χ0) is 18.8. The van der Waals surface area contributed by atoms with Gasteiger partial charge in [0.25, 0.3) is 5.91 Å². The number of benzene rings is 2. The van der Waals surface area contributed by atoms with Crippen molar-refractivity contribution in [1.82, 2.24) is 4.98 Å². The van der Waals surface area contributed by atoms with Crippen LogP contribution in [0.15, 0.2) is 36.5 Å². The Labute approximate surface area is 155 Å². The van der Waals surface area contributed by atoms with E-state index in [1.54, 1.807) is 32.4 Å². The molecule has 0 aliphatic heterocycles. The smallest absolute Gasteiger partial charge is 0.252 e. The molecule has 0 unspecified atom stereocenters. The van der Waals surface area contributed by atoms with E-state index in [0.717, 1.165) is 11.3 Å². The molecular formula is C19H18ClN3O3. The third-order valence-electron chi connectivity index (χ3n) is 4.09. The quantitative estimate of drug-likeness (QED) is 0.706. The van der Waals surface area contributed by atoms with Crippen LogP contribution in [0.5, 0.6) is 11.5 Å². The maximum Gasteiger partial charge on any atom is 0.252 e. The van der Waals surface area contributed by atoms with Gasteiger partial charge in [0, 0.05) is 28.4 Å². The van der Waals surface area contributed by atoms with Crippen LogP contribution in [0.25, 0.3) is 10.9 Å². The van der Waals surface area contributed by atoms with Gasteiger partial charge in [-0.2, -0.15) is 0 Å². The lowest BCUT2D eigenvalue weighted by molar-refractivity contribution is 0.100. The first kappa shape index (κ1) is 17.8. The van der Waals surface area contributed by atoms with Gasteiger partial charge in [0.1, 0.15) is 0 Å². The highest BCUT2D eigenvalue weighted by Crippen LogP contribution is 2.37. The van der Waals surface area contributed by atoms with Gasteiger partial charge in [-0.05, 0) is 36.8 Å². The van der Waals surface area contributed by atoms with Gasteiger partial charge in [-0.25, -0.2) is 0 Å². The monoisotopic (exact) mass is 371 g/mol. The van der Waals surface area contributed by atoms with Crippen LogP contribution in [0.4, 0.5) is 11.4 Å². The summed E-state index contributed by atoms with van der Waals surface area (Å²) in [6.45, 7) is 1.92. The van der Waals surface area contributed by atoms with Gasteiger partial charge in [-0.3, -0.25) is 9.78 Å².